The van der Waals surface area contributed by atoms with Crippen molar-refractivity contribution in [3.05, 3.63) is 35.9 Å². The van der Waals surface area contributed by atoms with Crippen LogP contribution in [0, 0.1) is 0 Å². The van der Waals surface area contributed by atoms with Gasteiger partial charge in [-0.3, -0.25) is 9.46 Å². The van der Waals surface area contributed by atoms with Crippen LogP contribution in [0.4, 0.5) is 0 Å². The minimum absolute atomic E-state index is 0.0166. The highest BCUT2D eigenvalue weighted by atomic mass is 32.5. The first-order valence-corrected chi connectivity index (χ1v) is 14.1. The highest BCUT2D eigenvalue weighted by molar-refractivity contribution is 8.10. The molecule has 1 rings (SSSR count). The van der Waals surface area contributed by atoms with E-state index in [0.29, 0.717) is 32.0 Å². The molecule has 30 heavy (non-hydrogen) atoms. The van der Waals surface area contributed by atoms with Crippen molar-refractivity contribution in [2.45, 2.75) is 79.2 Å². The summed E-state index contributed by atoms with van der Waals surface area (Å²) < 4.78 is 16.3. The van der Waals surface area contributed by atoms with E-state index in [-0.39, 0.29) is 12.0 Å². The molecule has 2 atom stereocenters. The molecule has 0 fully saturated rings. The van der Waals surface area contributed by atoms with Crippen LogP contribution in [0.15, 0.2) is 30.3 Å². The van der Waals surface area contributed by atoms with Crippen LogP contribution in [-0.4, -0.2) is 47.8 Å². The molecular formula is C23H41N2O3PS. The van der Waals surface area contributed by atoms with Crippen LogP contribution in [0.2, 0.25) is 0 Å². The summed E-state index contributed by atoms with van der Waals surface area (Å²) in [4.78, 5) is 13.4. The normalized spacial score (nSPS) is 14.5. The lowest BCUT2D eigenvalue weighted by Gasteiger charge is -2.42. The molecule has 0 heterocycles. The second-order valence-corrected chi connectivity index (χ2v) is 11.2. The molecule has 2 unspecified atom stereocenters. The van der Waals surface area contributed by atoms with E-state index < -0.39 is 6.57 Å². The summed E-state index contributed by atoms with van der Waals surface area (Å²) in [7, 11) is 0. The smallest absolute Gasteiger partial charge is 0.260 e. The maximum Gasteiger partial charge on any atom is 0.260 e. The number of rotatable bonds is 16. The topological polar surface area (TPSA) is 42.0 Å². The first-order chi connectivity index (χ1) is 14.4. The van der Waals surface area contributed by atoms with Gasteiger partial charge in [0.05, 0.1) is 6.10 Å². The van der Waals surface area contributed by atoms with Crippen molar-refractivity contribution in [3.8, 4) is 0 Å². The largest absolute Gasteiger partial charge is 0.366 e. The highest BCUT2D eigenvalue weighted by Crippen LogP contribution is 2.56. The van der Waals surface area contributed by atoms with Crippen molar-refractivity contribution in [2.75, 3.05) is 26.4 Å². The van der Waals surface area contributed by atoms with Gasteiger partial charge in [-0.2, -0.15) is 0 Å². The molecule has 0 radical (unpaired) electrons. The first-order valence-electron chi connectivity index (χ1n) is 11.4. The average molecular weight is 457 g/mol. The molecule has 0 N–H and O–H groups in total. The molecule has 0 spiro atoms. The molecule has 172 valence electrons. The zero-order valence-electron chi connectivity index (χ0n) is 19.5. The number of ether oxygens (including phenoxy) is 1. The first kappa shape index (κ1) is 27.3. The summed E-state index contributed by atoms with van der Waals surface area (Å²) in [5, 5.41) is 0. The second kappa shape index (κ2) is 15.1. The van der Waals surface area contributed by atoms with Crippen LogP contribution in [0.5, 0.6) is 0 Å². The van der Waals surface area contributed by atoms with Gasteiger partial charge in [-0.1, -0.05) is 64.7 Å². The molecule has 1 amide bonds. The van der Waals surface area contributed by atoms with Gasteiger partial charge in [0.15, 0.2) is 0 Å². The monoisotopic (exact) mass is 456 g/mol. The van der Waals surface area contributed by atoms with Crippen LogP contribution in [0.1, 0.15) is 83.5 Å². The fourth-order valence-corrected chi connectivity index (χ4v) is 7.19. The molecular weight excluding hydrogens is 415 g/mol. The number of carbonyl (C=O) groups is 1. The Morgan fingerprint density at radius 3 is 2.30 bits per heavy atom. The van der Waals surface area contributed by atoms with Gasteiger partial charge in [0.25, 0.3) is 5.91 Å². The molecule has 0 aliphatic heterocycles. The van der Waals surface area contributed by atoms with Gasteiger partial charge >= 0.3 is 0 Å². The fourth-order valence-electron chi connectivity index (χ4n) is 3.28. The number of hydrogen-bond acceptors (Lipinski definition) is 4. The van der Waals surface area contributed by atoms with E-state index in [0.717, 1.165) is 19.3 Å². The molecule has 0 saturated carbocycles. The standard InChI is InChI=1S/C23H41N2O3PS/c1-6-10-11-15-19-27-20-24(8-3)29(30,28-21(5)16-7-2)25(9-4)23(26)22-17-13-12-14-18-22/h12-14,17-18,21H,6-11,15-16,19-20H2,1-5H3. The number of amides is 1. The Morgan fingerprint density at radius 2 is 1.73 bits per heavy atom. The van der Waals surface area contributed by atoms with Gasteiger partial charge in [0.2, 0.25) is 6.57 Å². The lowest BCUT2D eigenvalue weighted by molar-refractivity contribution is 0.0546. The Kier molecular flexibility index (Phi) is 13.7. The number of unbranched alkanes of at least 4 members (excludes halogenated alkanes) is 3. The van der Waals surface area contributed by atoms with Crippen molar-refractivity contribution in [3.63, 3.8) is 0 Å². The SMILES string of the molecule is CCCCCCOCN(CC)P(=S)(OC(C)CCC)N(CC)C(=O)c1ccccc1. The van der Waals surface area contributed by atoms with Gasteiger partial charge in [-0.05, 0) is 50.6 Å². The summed E-state index contributed by atoms with van der Waals surface area (Å²) in [6.45, 7) is 9.87. The van der Waals surface area contributed by atoms with E-state index >= 15 is 0 Å². The Hall–Kier alpha value is -0.780. The third kappa shape index (κ3) is 8.39. The number of carbonyl (C=O) groups excluding carboxylic acids is 1. The minimum atomic E-state index is -2.78. The molecule has 0 bridgehead atoms. The van der Waals surface area contributed by atoms with Crippen LogP contribution in [0.3, 0.4) is 0 Å². The van der Waals surface area contributed by atoms with E-state index in [2.05, 4.69) is 25.4 Å². The Balaban J connectivity index is 3.06. The Bertz CT molecular complexity index is 645. The van der Waals surface area contributed by atoms with E-state index in [1.54, 1.807) is 4.67 Å². The highest BCUT2D eigenvalue weighted by Gasteiger charge is 2.37. The van der Waals surface area contributed by atoms with Crippen LogP contribution < -0.4 is 0 Å². The second-order valence-electron chi connectivity index (χ2n) is 7.50. The summed E-state index contributed by atoms with van der Waals surface area (Å²) in [5.74, 6) is -0.0773. The number of hydrogen-bond donors (Lipinski definition) is 0. The van der Waals surface area contributed by atoms with Crippen LogP contribution in [0.25, 0.3) is 0 Å². The minimum Gasteiger partial charge on any atom is -0.366 e. The van der Waals surface area contributed by atoms with E-state index in [1.807, 2.05) is 44.2 Å². The molecule has 1 aromatic rings. The molecule has 1 aromatic carbocycles. The fraction of sp³-hybridized carbons (Fsp3) is 0.696. The summed E-state index contributed by atoms with van der Waals surface area (Å²) in [6, 6.07) is 9.33. The van der Waals surface area contributed by atoms with E-state index in [9.17, 15) is 4.79 Å². The number of nitrogens with zero attached hydrogens (tertiary/aromatic N) is 2. The Labute approximate surface area is 189 Å². The third-order valence-corrected chi connectivity index (χ3v) is 9.34. The summed E-state index contributed by atoms with van der Waals surface area (Å²) >= 11 is 6.17. The molecule has 0 aromatic heterocycles. The van der Waals surface area contributed by atoms with Gasteiger partial charge < -0.3 is 9.26 Å². The number of benzene rings is 1. The van der Waals surface area contributed by atoms with Crippen LogP contribution >= 0.6 is 6.57 Å². The average Bonchev–Trinajstić information content (AvgIpc) is 2.74. The van der Waals surface area contributed by atoms with Gasteiger partial charge in [0.1, 0.15) is 6.73 Å². The summed E-state index contributed by atoms with van der Waals surface area (Å²) in [5.41, 5.74) is 0.636. The van der Waals surface area contributed by atoms with Crippen molar-refractivity contribution >= 4 is 24.3 Å². The third-order valence-electron chi connectivity index (χ3n) is 4.98. The Morgan fingerprint density at radius 1 is 1.03 bits per heavy atom. The van der Waals surface area contributed by atoms with Crippen molar-refractivity contribution in [2.24, 2.45) is 0 Å². The zero-order chi connectivity index (χ0) is 22.4. The van der Waals surface area contributed by atoms with Gasteiger partial charge in [0, 0.05) is 25.3 Å². The molecule has 0 saturated heterocycles. The molecule has 0 aliphatic rings. The van der Waals surface area contributed by atoms with Crippen molar-refractivity contribution < 1.29 is 14.1 Å². The predicted molar refractivity (Wildman–Crippen MR) is 130 cm³/mol. The maximum atomic E-state index is 13.4. The quantitative estimate of drug-likeness (QED) is 0.162. The van der Waals surface area contributed by atoms with Crippen molar-refractivity contribution in [1.29, 1.82) is 0 Å². The molecule has 0 aliphatic carbocycles. The maximum absolute atomic E-state index is 13.4. The van der Waals surface area contributed by atoms with Gasteiger partial charge in [-0.15, -0.1) is 0 Å². The molecule has 7 heteroatoms. The van der Waals surface area contributed by atoms with E-state index in [1.165, 1.54) is 19.3 Å². The predicted octanol–water partition coefficient (Wildman–Crippen LogP) is 6.45. The van der Waals surface area contributed by atoms with Crippen molar-refractivity contribution in [1.82, 2.24) is 9.34 Å². The zero-order valence-corrected chi connectivity index (χ0v) is 21.2. The lowest BCUT2D eigenvalue weighted by atomic mass is 10.2. The van der Waals surface area contributed by atoms with Crippen LogP contribution in [-0.2, 0) is 21.1 Å². The van der Waals surface area contributed by atoms with Gasteiger partial charge in [-0.25, -0.2) is 4.67 Å². The molecule has 5 nitrogen and oxygen atoms in total. The summed E-state index contributed by atoms with van der Waals surface area (Å²) in [6.07, 6.45) is 6.55. The van der Waals surface area contributed by atoms with E-state index in [4.69, 9.17) is 21.1 Å². The lowest BCUT2D eigenvalue weighted by Crippen LogP contribution is -2.39.